The van der Waals surface area contributed by atoms with E-state index >= 15 is 0 Å². The molecule has 1 aliphatic rings. The SMILES string of the molecule is C.NC(=O)c1ccc[n+]([C@@H]2O[C@H](CO)[C@@H](O)[C@H]2O)c1. The number of carbonyl (C=O) groups is 1. The van der Waals surface area contributed by atoms with Gasteiger partial charge in [-0.25, -0.2) is 0 Å². The summed E-state index contributed by atoms with van der Waals surface area (Å²) >= 11 is 0. The number of primary amides is 1. The lowest BCUT2D eigenvalue weighted by Gasteiger charge is -2.09. The van der Waals surface area contributed by atoms with Gasteiger partial charge in [0, 0.05) is 6.07 Å². The highest BCUT2D eigenvalue weighted by Crippen LogP contribution is 2.24. The number of rotatable bonds is 3. The molecule has 1 saturated heterocycles. The lowest BCUT2D eigenvalue weighted by molar-refractivity contribution is -0.765. The second kappa shape index (κ2) is 6.07. The van der Waals surface area contributed by atoms with E-state index in [1.807, 2.05) is 0 Å². The van der Waals surface area contributed by atoms with Gasteiger partial charge in [0.2, 0.25) is 0 Å². The molecular weight excluding hydrogens is 252 g/mol. The van der Waals surface area contributed by atoms with Gasteiger partial charge in [-0.15, -0.1) is 0 Å². The Hall–Kier alpha value is -1.54. The van der Waals surface area contributed by atoms with Crippen molar-refractivity contribution in [1.29, 1.82) is 0 Å². The van der Waals surface area contributed by atoms with E-state index in [0.29, 0.717) is 0 Å². The number of nitrogens with zero attached hydrogens (tertiary/aromatic N) is 1. The maximum atomic E-state index is 11.1. The first-order valence-electron chi connectivity index (χ1n) is 5.47. The van der Waals surface area contributed by atoms with Gasteiger partial charge in [-0.3, -0.25) is 4.79 Å². The largest absolute Gasteiger partial charge is 0.394 e. The van der Waals surface area contributed by atoms with Crippen molar-refractivity contribution in [3.63, 3.8) is 0 Å². The van der Waals surface area contributed by atoms with Gasteiger partial charge in [0.25, 0.3) is 12.1 Å². The molecule has 1 aromatic rings. The second-order valence-corrected chi connectivity index (χ2v) is 4.13. The summed E-state index contributed by atoms with van der Waals surface area (Å²) in [6, 6.07) is 3.11. The van der Waals surface area contributed by atoms with Crippen LogP contribution in [-0.4, -0.2) is 46.1 Å². The number of hydrogen-bond donors (Lipinski definition) is 4. The Morgan fingerprint density at radius 1 is 1.42 bits per heavy atom. The predicted molar refractivity (Wildman–Crippen MR) is 64.9 cm³/mol. The topological polar surface area (TPSA) is 117 Å². The minimum atomic E-state index is -1.18. The second-order valence-electron chi connectivity index (χ2n) is 4.13. The number of nitrogens with two attached hydrogens (primary N) is 1. The molecule has 0 aliphatic carbocycles. The third kappa shape index (κ3) is 2.90. The van der Waals surface area contributed by atoms with Gasteiger partial charge in [0.05, 0.1) is 6.61 Å². The molecular formula is C12H19N2O5+. The van der Waals surface area contributed by atoms with Gasteiger partial charge in [0.15, 0.2) is 18.5 Å². The van der Waals surface area contributed by atoms with E-state index in [-0.39, 0.29) is 13.0 Å². The number of pyridine rings is 1. The van der Waals surface area contributed by atoms with Crippen LogP contribution < -0.4 is 10.3 Å². The van der Waals surface area contributed by atoms with Crippen LogP contribution in [0.25, 0.3) is 0 Å². The Labute approximate surface area is 110 Å². The molecule has 2 rings (SSSR count). The number of ether oxygens (including phenoxy) is 1. The maximum Gasteiger partial charge on any atom is 0.292 e. The van der Waals surface area contributed by atoms with Crippen molar-refractivity contribution in [2.45, 2.75) is 32.0 Å². The van der Waals surface area contributed by atoms with Crippen LogP contribution in [0.3, 0.4) is 0 Å². The van der Waals surface area contributed by atoms with Crippen LogP contribution in [0.4, 0.5) is 0 Å². The summed E-state index contributed by atoms with van der Waals surface area (Å²) in [5.41, 5.74) is 5.41. The van der Waals surface area contributed by atoms with E-state index in [9.17, 15) is 15.0 Å². The summed E-state index contributed by atoms with van der Waals surface area (Å²) in [6.07, 6.45) is -1.08. The van der Waals surface area contributed by atoms with Crippen LogP contribution in [0.15, 0.2) is 24.5 Å². The maximum absolute atomic E-state index is 11.1. The first-order valence-corrected chi connectivity index (χ1v) is 5.47. The molecule has 5 N–H and O–H groups in total. The molecule has 0 spiro atoms. The Balaban J connectivity index is 0.00000180. The number of aliphatic hydroxyl groups is 3. The number of aromatic nitrogens is 1. The summed E-state index contributed by atoms with van der Waals surface area (Å²) in [5, 5.41) is 28.4. The zero-order valence-corrected chi connectivity index (χ0v) is 9.51. The number of amides is 1. The van der Waals surface area contributed by atoms with E-state index in [2.05, 4.69) is 0 Å². The average molecular weight is 271 g/mol. The lowest BCUT2D eigenvalue weighted by Crippen LogP contribution is -2.46. The molecule has 4 atom stereocenters. The minimum Gasteiger partial charge on any atom is -0.394 e. The van der Waals surface area contributed by atoms with Gasteiger partial charge in [-0.1, -0.05) is 7.43 Å². The Bertz CT molecular complexity index is 454. The van der Waals surface area contributed by atoms with Crippen LogP contribution in [-0.2, 0) is 4.74 Å². The summed E-state index contributed by atoms with van der Waals surface area (Å²) in [4.78, 5) is 11.1. The lowest BCUT2D eigenvalue weighted by atomic mass is 10.1. The molecule has 0 saturated carbocycles. The van der Waals surface area contributed by atoms with Crippen molar-refractivity contribution in [3.8, 4) is 0 Å². The quantitative estimate of drug-likeness (QED) is 0.490. The molecule has 1 fully saturated rings. The molecule has 106 valence electrons. The predicted octanol–water partition coefficient (Wildman–Crippen LogP) is -1.68. The number of aliphatic hydroxyl groups excluding tert-OH is 3. The Kier molecular flexibility index (Phi) is 4.96. The first kappa shape index (κ1) is 15.5. The fourth-order valence-corrected chi connectivity index (χ4v) is 1.92. The van der Waals surface area contributed by atoms with Crippen LogP contribution in [0.5, 0.6) is 0 Å². The summed E-state index contributed by atoms with van der Waals surface area (Å²) in [5.74, 6) is -0.601. The normalized spacial score (nSPS) is 29.8. The Morgan fingerprint density at radius 2 is 2.11 bits per heavy atom. The number of carbonyl (C=O) groups excluding carboxylic acids is 1. The smallest absolute Gasteiger partial charge is 0.292 e. The minimum absolute atomic E-state index is 0. The highest BCUT2D eigenvalue weighted by Gasteiger charge is 2.47. The highest BCUT2D eigenvalue weighted by atomic mass is 16.6. The van der Waals surface area contributed by atoms with Crippen LogP contribution >= 0.6 is 0 Å². The molecule has 1 amide bonds. The van der Waals surface area contributed by atoms with Gasteiger partial charge >= 0.3 is 0 Å². The Morgan fingerprint density at radius 3 is 2.63 bits per heavy atom. The summed E-state index contributed by atoms with van der Waals surface area (Å²) < 4.78 is 6.75. The summed E-state index contributed by atoms with van der Waals surface area (Å²) in [7, 11) is 0. The monoisotopic (exact) mass is 271 g/mol. The molecule has 0 radical (unpaired) electrons. The van der Waals surface area contributed by atoms with Crippen molar-refractivity contribution in [2.75, 3.05) is 6.61 Å². The number of hydrogen-bond acceptors (Lipinski definition) is 5. The molecule has 1 aliphatic heterocycles. The van der Waals surface area contributed by atoms with E-state index in [1.165, 1.54) is 16.8 Å². The van der Waals surface area contributed by atoms with Gasteiger partial charge in [-0.2, -0.15) is 4.57 Å². The fraction of sp³-hybridized carbons (Fsp3) is 0.500. The third-order valence-corrected chi connectivity index (χ3v) is 2.92. The molecule has 0 unspecified atom stereocenters. The average Bonchev–Trinajstić information content (AvgIpc) is 2.66. The fourth-order valence-electron chi connectivity index (χ4n) is 1.92. The van der Waals surface area contributed by atoms with E-state index < -0.39 is 37.1 Å². The first-order chi connectivity index (χ1) is 8.54. The standard InChI is InChI=1S/C11H14N2O5.CH4/c12-10(17)6-2-1-3-13(4-6)11-9(16)8(15)7(5-14)18-11;/h1-4,7-9,11,14-16H,5H2,(H-,12,17);1H4/p+1/t7-,8-,9-,11-;/m1./s1. The molecule has 7 heteroatoms. The van der Waals surface area contributed by atoms with Crippen molar-refractivity contribution in [3.05, 3.63) is 30.1 Å². The third-order valence-electron chi connectivity index (χ3n) is 2.92. The van der Waals surface area contributed by atoms with E-state index in [0.717, 1.165) is 0 Å². The van der Waals surface area contributed by atoms with Crippen LogP contribution in [0, 0.1) is 0 Å². The molecule has 7 nitrogen and oxygen atoms in total. The van der Waals surface area contributed by atoms with Gasteiger partial charge in [0.1, 0.15) is 17.8 Å². The van der Waals surface area contributed by atoms with Crippen molar-refractivity contribution in [2.24, 2.45) is 5.73 Å². The van der Waals surface area contributed by atoms with Crippen LogP contribution in [0.1, 0.15) is 24.0 Å². The summed E-state index contributed by atoms with van der Waals surface area (Å²) in [6.45, 7) is -0.398. The van der Waals surface area contributed by atoms with E-state index in [4.69, 9.17) is 15.6 Å². The van der Waals surface area contributed by atoms with Crippen molar-refractivity contribution in [1.82, 2.24) is 0 Å². The molecule has 1 aromatic heterocycles. The molecule has 2 heterocycles. The van der Waals surface area contributed by atoms with Gasteiger partial charge < -0.3 is 25.8 Å². The zero-order chi connectivity index (χ0) is 13.3. The van der Waals surface area contributed by atoms with Crippen molar-refractivity contribution < 1.29 is 29.4 Å². The van der Waals surface area contributed by atoms with Crippen molar-refractivity contribution >= 4 is 5.91 Å². The van der Waals surface area contributed by atoms with Crippen LogP contribution in [0.2, 0.25) is 0 Å². The zero-order valence-electron chi connectivity index (χ0n) is 9.51. The van der Waals surface area contributed by atoms with E-state index in [1.54, 1.807) is 12.3 Å². The molecule has 0 aromatic carbocycles. The highest BCUT2D eigenvalue weighted by molar-refractivity contribution is 5.92. The molecule has 0 bridgehead atoms. The molecule has 19 heavy (non-hydrogen) atoms. The van der Waals surface area contributed by atoms with Gasteiger partial charge in [-0.05, 0) is 6.07 Å².